The third-order valence-electron chi connectivity index (χ3n) is 2.30. The van der Waals surface area contributed by atoms with E-state index in [2.05, 4.69) is 31.8 Å². The molecule has 1 rings (SSSR count). The van der Waals surface area contributed by atoms with Gasteiger partial charge in [-0.2, -0.15) is 0 Å². The Balaban J connectivity index is 2.16. The first-order valence-corrected chi connectivity index (χ1v) is 6.98. The average Bonchev–Trinajstić information content (AvgIpc) is 2.63. The van der Waals surface area contributed by atoms with Crippen molar-refractivity contribution in [1.82, 2.24) is 5.32 Å². The topological polar surface area (TPSA) is 29.1 Å². The van der Waals surface area contributed by atoms with Crippen LogP contribution in [0.15, 0.2) is 16.3 Å². The Bertz CT molecular complexity index is 334. The SMILES string of the molecule is CC(C)CCCCNC(=O)c1cc(S)cs1. The first-order valence-electron chi connectivity index (χ1n) is 5.65. The van der Waals surface area contributed by atoms with Gasteiger partial charge in [0.25, 0.3) is 5.91 Å². The molecule has 0 radical (unpaired) electrons. The number of rotatable bonds is 6. The third kappa shape index (κ3) is 5.03. The maximum absolute atomic E-state index is 11.6. The highest BCUT2D eigenvalue weighted by Crippen LogP contribution is 2.17. The molecular weight excluding hydrogens is 238 g/mol. The van der Waals surface area contributed by atoms with Gasteiger partial charge in [0.2, 0.25) is 0 Å². The van der Waals surface area contributed by atoms with Crippen LogP contribution in [0.3, 0.4) is 0 Å². The van der Waals surface area contributed by atoms with E-state index in [9.17, 15) is 4.79 Å². The number of carbonyl (C=O) groups excluding carboxylic acids is 1. The summed E-state index contributed by atoms with van der Waals surface area (Å²) in [6.45, 7) is 5.21. The normalized spacial score (nSPS) is 10.8. The summed E-state index contributed by atoms with van der Waals surface area (Å²) in [5, 5.41) is 4.80. The van der Waals surface area contributed by atoms with E-state index in [1.54, 1.807) is 6.07 Å². The summed E-state index contributed by atoms with van der Waals surface area (Å²) in [5.41, 5.74) is 0. The maximum atomic E-state index is 11.6. The van der Waals surface area contributed by atoms with Crippen LogP contribution >= 0.6 is 24.0 Å². The average molecular weight is 257 g/mol. The first kappa shape index (κ1) is 13.6. The third-order valence-corrected chi connectivity index (χ3v) is 3.67. The minimum atomic E-state index is 0.0230. The van der Waals surface area contributed by atoms with Crippen LogP contribution in [0.1, 0.15) is 42.8 Å². The van der Waals surface area contributed by atoms with Gasteiger partial charge < -0.3 is 5.32 Å². The molecule has 4 heteroatoms. The molecule has 0 aliphatic carbocycles. The van der Waals surface area contributed by atoms with Crippen molar-refractivity contribution < 1.29 is 4.79 Å². The van der Waals surface area contributed by atoms with Crippen molar-refractivity contribution in [2.24, 2.45) is 5.92 Å². The van der Waals surface area contributed by atoms with E-state index >= 15 is 0 Å². The quantitative estimate of drug-likeness (QED) is 0.592. The van der Waals surface area contributed by atoms with E-state index < -0.39 is 0 Å². The van der Waals surface area contributed by atoms with Crippen molar-refractivity contribution >= 4 is 29.9 Å². The molecule has 0 fully saturated rings. The molecule has 0 spiro atoms. The number of hydrogen-bond acceptors (Lipinski definition) is 3. The Labute approximate surface area is 107 Å². The molecule has 0 atom stereocenters. The van der Waals surface area contributed by atoms with Crippen LogP contribution in [-0.2, 0) is 0 Å². The predicted molar refractivity (Wildman–Crippen MR) is 72.6 cm³/mol. The molecule has 90 valence electrons. The molecule has 2 nitrogen and oxygen atoms in total. The summed E-state index contributed by atoms with van der Waals surface area (Å²) in [6.07, 6.45) is 3.47. The van der Waals surface area contributed by atoms with Gasteiger partial charge in [0.15, 0.2) is 0 Å². The van der Waals surface area contributed by atoms with Crippen molar-refractivity contribution in [3.05, 3.63) is 16.3 Å². The summed E-state index contributed by atoms with van der Waals surface area (Å²) < 4.78 is 0. The minimum absolute atomic E-state index is 0.0230. The molecule has 16 heavy (non-hydrogen) atoms. The molecule has 1 N–H and O–H groups in total. The zero-order chi connectivity index (χ0) is 12.0. The first-order chi connectivity index (χ1) is 7.59. The highest BCUT2D eigenvalue weighted by Gasteiger charge is 2.06. The lowest BCUT2D eigenvalue weighted by molar-refractivity contribution is 0.0957. The summed E-state index contributed by atoms with van der Waals surface area (Å²) in [5.74, 6) is 0.773. The van der Waals surface area contributed by atoms with Crippen LogP contribution in [0.2, 0.25) is 0 Å². The fourth-order valence-electron chi connectivity index (χ4n) is 1.41. The molecule has 1 heterocycles. The van der Waals surface area contributed by atoms with E-state index in [0.717, 1.165) is 28.7 Å². The summed E-state index contributed by atoms with van der Waals surface area (Å²) in [4.78, 5) is 13.2. The zero-order valence-electron chi connectivity index (χ0n) is 9.82. The van der Waals surface area contributed by atoms with Crippen molar-refractivity contribution in [3.63, 3.8) is 0 Å². The van der Waals surface area contributed by atoms with Crippen molar-refractivity contribution in [3.8, 4) is 0 Å². The molecule has 0 saturated heterocycles. The number of nitrogens with one attached hydrogen (secondary N) is 1. The van der Waals surface area contributed by atoms with Crippen molar-refractivity contribution in [2.75, 3.05) is 6.54 Å². The zero-order valence-corrected chi connectivity index (χ0v) is 11.5. The van der Waals surface area contributed by atoms with Gasteiger partial charge in [-0.15, -0.1) is 24.0 Å². The van der Waals surface area contributed by atoms with E-state index in [1.807, 2.05) is 5.38 Å². The van der Waals surface area contributed by atoms with Crippen LogP contribution in [-0.4, -0.2) is 12.5 Å². The highest BCUT2D eigenvalue weighted by atomic mass is 32.1. The second-order valence-corrected chi connectivity index (χ2v) is 5.74. The highest BCUT2D eigenvalue weighted by molar-refractivity contribution is 7.80. The Hall–Kier alpha value is -0.480. The number of unbranched alkanes of at least 4 members (excludes halogenated alkanes) is 1. The van der Waals surface area contributed by atoms with Gasteiger partial charge in [0.1, 0.15) is 0 Å². The van der Waals surface area contributed by atoms with E-state index in [1.165, 1.54) is 24.2 Å². The fraction of sp³-hybridized carbons (Fsp3) is 0.583. The number of thiol groups is 1. The van der Waals surface area contributed by atoms with Crippen LogP contribution in [0.25, 0.3) is 0 Å². The van der Waals surface area contributed by atoms with E-state index in [0.29, 0.717) is 0 Å². The molecule has 1 aromatic heterocycles. The molecule has 0 aliphatic heterocycles. The lowest BCUT2D eigenvalue weighted by Gasteiger charge is -2.05. The van der Waals surface area contributed by atoms with Gasteiger partial charge in [-0.05, 0) is 18.4 Å². The second-order valence-electron chi connectivity index (χ2n) is 4.31. The molecule has 1 aromatic rings. The van der Waals surface area contributed by atoms with Gasteiger partial charge in [0.05, 0.1) is 4.88 Å². The Morgan fingerprint density at radius 3 is 2.81 bits per heavy atom. The molecule has 0 unspecified atom stereocenters. The molecule has 1 amide bonds. The standard InChI is InChI=1S/C12H19NOS2/c1-9(2)5-3-4-6-13-12(14)11-7-10(15)8-16-11/h7-9,15H,3-6H2,1-2H3,(H,13,14). The Kier molecular flexibility index (Phi) is 5.91. The van der Waals surface area contributed by atoms with Gasteiger partial charge in [-0.1, -0.05) is 26.7 Å². The van der Waals surface area contributed by atoms with Crippen LogP contribution in [0.4, 0.5) is 0 Å². The molecular formula is C12H19NOS2. The number of thiophene rings is 1. The summed E-state index contributed by atoms with van der Waals surface area (Å²) in [6, 6.07) is 1.80. The van der Waals surface area contributed by atoms with Crippen LogP contribution in [0, 0.1) is 5.92 Å². The van der Waals surface area contributed by atoms with Gasteiger partial charge in [-0.25, -0.2) is 0 Å². The largest absolute Gasteiger partial charge is 0.351 e. The number of hydrogen-bond donors (Lipinski definition) is 2. The molecule has 0 saturated carbocycles. The Morgan fingerprint density at radius 2 is 2.25 bits per heavy atom. The molecule has 0 aromatic carbocycles. The van der Waals surface area contributed by atoms with Crippen LogP contribution < -0.4 is 5.32 Å². The van der Waals surface area contributed by atoms with Crippen molar-refractivity contribution in [2.45, 2.75) is 38.0 Å². The summed E-state index contributed by atoms with van der Waals surface area (Å²) >= 11 is 5.62. The van der Waals surface area contributed by atoms with E-state index in [4.69, 9.17) is 0 Å². The Morgan fingerprint density at radius 1 is 1.50 bits per heavy atom. The molecule has 0 bridgehead atoms. The number of carbonyl (C=O) groups is 1. The second kappa shape index (κ2) is 6.97. The summed E-state index contributed by atoms with van der Waals surface area (Å²) in [7, 11) is 0. The van der Waals surface area contributed by atoms with Gasteiger partial charge in [0, 0.05) is 16.8 Å². The number of amides is 1. The lowest BCUT2D eigenvalue weighted by Crippen LogP contribution is -2.23. The fourth-order valence-corrected chi connectivity index (χ4v) is 2.48. The van der Waals surface area contributed by atoms with Crippen molar-refractivity contribution in [1.29, 1.82) is 0 Å². The smallest absolute Gasteiger partial charge is 0.261 e. The van der Waals surface area contributed by atoms with Gasteiger partial charge >= 0.3 is 0 Å². The lowest BCUT2D eigenvalue weighted by atomic mass is 10.1. The monoisotopic (exact) mass is 257 g/mol. The predicted octanol–water partition coefficient (Wildman–Crippen LogP) is 3.59. The van der Waals surface area contributed by atoms with Crippen LogP contribution in [0.5, 0.6) is 0 Å². The van der Waals surface area contributed by atoms with E-state index in [-0.39, 0.29) is 5.91 Å². The maximum Gasteiger partial charge on any atom is 0.261 e. The minimum Gasteiger partial charge on any atom is -0.351 e. The van der Waals surface area contributed by atoms with Gasteiger partial charge in [-0.3, -0.25) is 4.79 Å². The molecule has 0 aliphatic rings.